The van der Waals surface area contributed by atoms with Gasteiger partial charge in [0.25, 0.3) is 0 Å². The largest absolute Gasteiger partial charge is 0.342 e. The van der Waals surface area contributed by atoms with E-state index in [0.29, 0.717) is 0 Å². The summed E-state index contributed by atoms with van der Waals surface area (Å²) in [5.41, 5.74) is 0. The first-order chi connectivity index (χ1) is 4.34. The summed E-state index contributed by atoms with van der Waals surface area (Å²) in [6.07, 6.45) is 0. The predicted octanol–water partition coefficient (Wildman–Crippen LogP) is 0.508. The van der Waals surface area contributed by atoms with Crippen molar-refractivity contribution < 1.29 is 14.4 Å². The zero-order valence-electron chi connectivity index (χ0n) is 6.40. The van der Waals surface area contributed by atoms with E-state index in [4.69, 9.17) is 9.79 Å². The Kier molecular flexibility index (Phi) is 3.52. The summed E-state index contributed by atoms with van der Waals surface area (Å²) in [5, 5.41) is 2.72. The lowest BCUT2D eigenvalue weighted by Crippen LogP contribution is -2.32. The summed E-state index contributed by atoms with van der Waals surface area (Å²) in [5.74, 6) is -0.743. The van der Waals surface area contributed by atoms with E-state index in [2.05, 4.69) is 5.32 Å². The topological polar surface area (TPSA) is 69.6 Å². The summed E-state index contributed by atoms with van der Waals surface area (Å²) in [7, 11) is -3.92. The van der Waals surface area contributed by atoms with Gasteiger partial charge in [-0.05, 0) is 6.92 Å². The maximum absolute atomic E-state index is 10.5. The van der Waals surface area contributed by atoms with Crippen LogP contribution in [0.1, 0.15) is 20.8 Å². The van der Waals surface area contributed by atoms with E-state index in [1.165, 1.54) is 6.92 Å². The molecule has 4 nitrogen and oxygen atoms in total. The molecule has 1 unspecified atom stereocenters. The van der Waals surface area contributed by atoms with E-state index in [0.717, 1.165) is 0 Å². The lowest BCUT2D eigenvalue weighted by molar-refractivity contribution is 0.345. The second kappa shape index (κ2) is 3.49. The van der Waals surface area contributed by atoms with Crippen molar-refractivity contribution in [3.63, 3.8) is 0 Å². The van der Waals surface area contributed by atoms with Gasteiger partial charge in [0.1, 0.15) is 5.78 Å². The molecule has 0 aromatic heterocycles. The fraction of sp³-hybridized carbons (Fsp3) is 1.00. The Morgan fingerprint density at radius 3 is 1.80 bits per heavy atom. The van der Waals surface area contributed by atoms with Crippen molar-refractivity contribution in [1.82, 2.24) is 5.32 Å². The molecule has 5 heteroatoms. The highest BCUT2D eigenvalue weighted by Gasteiger charge is 2.23. The summed E-state index contributed by atoms with van der Waals surface area (Å²) in [6.45, 7) is 5.15. The van der Waals surface area contributed by atoms with Crippen molar-refractivity contribution in [3.8, 4) is 0 Å². The smallest absolute Gasteiger partial charge is 0.323 e. The highest BCUT2D eigenvalue weighted by atomic mass is 31.2. The Bertz CT molecular complexity index is 142. The molecule has 0 aliphatic carbocycles. The number of hydrogen-bond acceptors (Lipinski definition) is 2. The molecule has 62 valence electrons. The molecule has 0 rings (SSSR count). The molecule has 3 N–H and O–H groups in total. The zero-order chi connectivity index (χ0) is 8.36. The highest BCUT2D eigenvalue weighted by molar-refractivity contribution is 7.52. The second-order valence-corrected chi connectivity index (χ2v) is 4.54. The Morgan fingerprint density at radius 2 is 1.70 bits per heavy atom. The molecule has 0 saturated carbocycles. The normalized spacial score (nSPS) is 15.8. The predicted molar refractivity (Wildman–Crippen MR) is 39.8 cm³/mol. The summed E-state index contributed by atoms with van der Waals surface area (Å²) < 4.78 is 10.5. The van der Waals surface area contributed by atoms with Crippen LogP contribution in [0.4, 0.5) is 0 Å². The van der Waals surface area contributed by atoms with Crippen molar-refractivity contribution >= 4 is 7.60 Å². The van der Waals surface area contributed by atoms with Crippen LogP contribution in [0.25, 0.3) is 0 Å². The van der Waals surface area contributed by atoms with Gasteiger partial charge in [-0.25, -0.2) is 0 Å². The van der Waals surface area contributed by atoms with Crippen molar-refractivity contribution in [2.45, 2.75) is 32.6 Å². The molecule has 0 heterocycles. The molecule has 0 aromatic carbocycles. The fourth-order valence-electron chi connectivity index (χ4n) is 0.580. The maximum Gasteiger partial charge on any atom is 0.342 e. The minimum Gasteiger partial charge on any atom is -0.323 e. The Labute approximate surface area is 60.8 Å². The van der Waals surface area contributed by atoms with Gasteiger partial charge in [0.2, 0.25) is 0 Å². The molecule has 0 radical (unpaired) electrons. The van der Waals surface area contributed by atoms with Crippen LogP contribution in [0.5, 0.6) is 0 Å². The first-order valence-corrected chi connectivity index (χ1v) is 4.83. The minimum absolute atomic E-state index is 0.0997. The first kappa shape index (κ1) is 10.1. The molecule has 0 amide bonds. The van der Waals surface area contributed by atoms with Crippen LogP contribution in [0, 0.1) is 0 Å². The molecular weight excluding hydrogens is 153 g/mol. The van der Waals surface area contributed by atoms with Crippen molar-refractivity contribution in [2.75, 3.05) is 0 Å². The lowest BCUT2D eigenvalue weighted by atomic mass is 10.4. The van der Waals surface area contributed by atoms with Crippen LogP contribution in [-0.4, -0.2) is 21.6 Å². The zero-order valence-corrected chi connectivity index (χ0v) is 7.30. The molecule has 1 atom stereocenters. The summed E-state index contributed by atoms with van der Waals surface area (Å²) >= 11 is 0. The summed E-state index contributed by atoms with van der Waals surface area (Å²) in [4.78, 5) is 17.2. The third-order valence-corrected chi connectivity index (χ3v) is 2.24. The molecule has 0 aliphatic heterocycles. The van der Waals surface area contributed by atoms with E-state index in [-0.39, 0.29) is 6.04 Å². The van der Waals surface area contributed by atoms with Crippen LogP contribution in [0.3, 0.4) is 0 Å². The molecule has 0 bridgehead atoms. The fourth-order valence-corrected chi connectivity index (χ4v) is 1.07. The minimum atomic E-state index is -3.92. The number of rotatable bonds is 3. The molecular formula is C5H14NO3P. The van der Waals surface area contributed by atoms with Gasteiger partial charge in [0, 0.05) is 6.04 Å². The quantitative estimate of drug-likeness (QED) is 0.535. The van der Waals surface area contributed by atoms with Gasteiger partial charge in [0.15, 0.2) is 0 Å². The average molecular weight is 167 g/mol. The van der Waals surface area contributed by atoms with Crippen molar-refractivity contribution in [3.05, 3.63) is 0 Å². The maximum atomic E-state index is 10.5. The van der Waals surface area contributed by atoms with Crippen LogP contribution < -0.4 is 5.32 Å². The van der Waals surface area contributed by atoms with Crippen LogP contribution in [-0.2, 0) is 4.57 Å². The molecule has 10 heavy (non-hydrogen) atoms. The third-order valence-electron chi connectivity index (χ3n) is 1.08. The van der Waals surface area contributed by atoms with Gasteiger partial charge >= 0.3 is 7.60 Å². The molecule has 0 spiro atoms. The molecule has 0 saturated heterocycles. The van der Waals surface area contributed by atoms with E-state index < -0.39 is 13.4 Å². The Hall–Kier alpha value is 0.110. The van der Waals surface area contributed by atoms with E-state index in [1.54, 1.807) is 0 Å². The monoisotopic (exact) mass is 167 g/mol. The van der Waals surface area contributed by atoms with Gasteiger partial charge in [-0.15, -0.1) is 0 Å². The molecule has 0 aromatic rings. The average Bonchev–Trinajstić information content (AvgIpc) is 1.60. The van der Waals surface area contributed by atoms with E-state index in [9.17, 15) is 4.57 Å². The highest BCUT2D eigenvalue weighted by Crippen LogP contribution is 2.39. The SMILES string of the molecule is CC(C)NC(C)P(=O)(O)O. The standard InChI is InChI=1S/C5H14NO3P/c1-4(2)6-5(3)10(7,8)9/h4-6H,1-3H3,(H2,7,8,9). The lowest BCUT2D eigenvalue weighted by Gasteiger charge is -2.17. The van der Waals surface area contributed by atoms with Gasteiger partial charge in [-0.2, -0.15) is 0 Å². The van der Waals surface area contributed by atoms with E-state index in [1.807, 2.05) is 13.8 Å². The van der Waals surface area contributed by atoms with Crippen LogP contribution in [0.15, 0.2) is 0 Å². The third kappa shape index (κ3) is 4.01. The van der Waals surface area contributed by atoms with Gasteiger partial charge < -0.3 is 15.1 Å². The van der Waals surface area contributed by atoms with Gasteiger partial charge in [-0.1, -0.05) is 13.8 Å². The van der Waals surface area contributed by atoms with Gasteiger partial charge in [-0.3, -0.25) is 4.57 Å². The van der Waals surface area contributed by atoms with Crippen LogP contribution >= 0.6 is 7.60 Å². The van der Waals surface area contributed by atoms with Gasteiger partial charge in [0.05, 0.1) is 0 Å². The van der Waals surface area contributed by atoms with Crippen molar-refractivity contribution in [2.24, 2.45) is 0 Å². The Morgan fingerprint density at radius 1 is 1.30 bits per heavy atom. The summed E-state index contributed by atoms with van der Waals surface area (Å²) in [6, 6.07) is 0.0997. The number of nitrogens with one attached hydrogen (secondary N) is 1. The Balaban J connectivity index is 3.86. The first-order valence-electron chi connectivity index (χ1n) is 3.15. The second-order valence-electron chi connectivity index (χ2n) is 2.59. The van der Waals surface area contributed by atoms with E-state index >= 15 is 0 Å². The molecule has 0 aliphatic rings. The van der Waals surface area contributed by atoms with Crippen molar-refractivity contribution in [1.29, 1.82) is 0 Å². The molecule has 0 fully saturated rings. The van der Waals surface area contributed by atoms with Crippen LogP contribution in [0.2, 0.25) is 0 Å². The number of hydrogen-bond donors (Lipinski definition) is 3.